The van der Waals surface area contributed by atoms with Crippen molar-refractivity contribution in [3.05, 3.63) is 39.0 Å². The maximum Gasteiger partial charge on any atom is 0.376 e. The van der Waals surface area contributed by atoms with Crippen molar-refractivity contribution in [2.24, 2.45) is 0 Å². The van der Waals surface area contributed by atoms with Crippen LogP contribution < -0.4 is 0 Å². The molecule has 2 rings (SSSR count). The van der Waals surface area contributed by atoms with E-state index in [4.69, 9.17) is 9.15 Å². The number of carbonyl (C=O) groups excluding carboxylic acids is 1. The van der Waals surface area contributed by atoms with Gasteiger partial charge in [0.15, 0.2) is 0 Å². The lowest BCUT2D eigenvalue weighted by atomic mass is 10.1. The van der Waals surface area contributed by atoms with Crippen LogP contribution in [0.5, 0.6) is 0 Å². The normalized spacial score (nSPS) is 11.0. The zero-order valence-electron chi connectivity index (χ0n) is 11.9. The van der Waals surface area contributed by atoms with Crippen molar-refractivity contribution >= 4 is 28.6 Å². The van der Waals surface area contributed by atoms with E-state index in [0.29, 0.717) is 20.7 Å². The second-order valence-electron chi connectivity index (χ2n) is 4.73. The Balaban J connectivity index is 2.51. The number of benzene rings is 1. The highest BCUT2D eigenvalue weighted by Crippen LogP contribution is 2.30. The van der Waals surface area contributed by atoms with Gasteiger partial charge < -0.3 is 9.15 Å². The number of aromatic nitrogens is 1. The Morgan fingerprint density at radius 2 is 2.19 bits per heavy atom. The van der Waals surface area contributed by atoms with Crippen molar-refractivity contribution in [3.8, 4) is 11.5 Å². The van der Waals surface area contributed by atoms with E-state index in [1.54, 1.807) is 13.0 Å². The van der Waals surface area contributed by atoms with Crippen LogP contribution in [0, 0.1) is 9.39 Å². The first-order chi connectivity index (χ1) is 9.93. The molecule has 0 atom stereocenters. The lowest BCUT2D eigenvalue weighted by molar-refractivity contribution is 0.0488. The fourth-order valence-corrected chi connectivity index (χ4v) is 2.55. The van der Waals surface area contributed by atoms with Crippen LogP contribution in [0.2, 0.25) is 0 Å². The Bertz CT molecular complexity index is 667. The molecule has 6 heteroatoms. The predicted molar refractivity (Wildman–Crippen MR) is 84.7 cm³/mol. The summed E-state index contributed by atoms with van der Waals surface area (Å²) in [5.41, 5.74) is 1.19. The topological polar surface area (TPSA) is 52.3 Å². The SMILES string of the molecule is CCOC(=O)c1oc(-c2ccc(F)cc2I)nc1C(C)C. The molecular weight excluding hydrogens is 388 g/mol. The third-order valence-electron chi connectivity index (χ3n) is 2.82. The van der Waals surface area contributed by atoms with Crippen LogP contribution in [0.3, 0.4) is 0 Å². The average molecular weight is 403 g/mol. The molecule has 4 nitrogen and oxygen atoms in total. The highest BCUT2D eigenvalue weighted by atomic mass is 127. The van der Waals surface area contributed by atoms with E-state index in [0.717, 1.165) is 0 Å². The van der Waals surface area contributed by atoms with Gasteiger partial charge in [-0.15, -0.1) is 0 Å². The highest BCUT2D eigenvalue weighted by molar-refractivity contribution is 14.1. The monoisotopic (exact) mass is 403 g/mol. The molecule has 0 fully saturated rings. The van der Waals surface area contributed by atoms with E-state index in [2.05, 4.69) is 4.98 Å². The van der Waals surface area contributed by atoms with E-state index >= 15 is 0 Å². The largest absolute Gasteiger partial charge is 0.460 e. The molecule has 0 spiro atoms. The van der Waals surface area contributed by atoms with Gasteiger partial charge >= 0.3 is 5.97 Å². The van der Waals surface area contributed by atoms with Crippen LogP contribution in [-0.2, 0) is 4.74 Å². The fraction of sp³-hybridized carbons (Fsp3) is 0.333. The molecule has 112 valence electrons. The molecule has 0 aliphatic rings. The summed E-state index contributed by atoms with van der Waals surface area (Å²) in [6.07, 6.45) is 0. The van der Waals surface area contributed by atoms with E-state index in [1.165, 1.54) is 12.1 Å². The molecule has 21 heavy (non-hydrogen) atoms. The number of ether oxygens (including phenoxy) is 1. The van der Waals surface area contributed by atoms with E-state index in [-0.39, 0.29) is 24.1 Å². The number of esters is 1. The lowest BCUT2D eigenvalue weighted by Crippen LogP contribution is -2.07. The van der Waals surface area contributed by atoms with Crippen molar-refractivity contribution in [3.63, 3.8) is 0 Å². The van der Waals surface area contributed by atoms with Crippen molar-refractivity contribution in [2.75, 3.05) is 6.61 Å². The average Bonchev–Trinajstić information content (AvgIpc) is 2.84. The molecule has 0 N–H and O–H groups in total. The third-order valence-corrected chi connectivity index (χ3v) is 3.72. The summed E-state index contributed by atoms with van der Waals surface area (Å²) in [6.45, 7) is 5.83. The number of halogens is 2. The zero-order chi connectivity index (χ0) is 15.6. The summed E-state index contributed by atoms with van der Waals surface area (Å²) >= 11 is 2.01. The molecule has 0 unspecified atom stereocenters. The molecular formula is C15H15FINO3. The molecule has 1 aromatic heterocycles. The predicted octanol–water partition coefficient (Wildman–Crippen LogP) is 4.39. The first-order valence-electron chi connectivity index (χ1n) is 6.57. The first kappa shape index (κ1) is 15.9. The van der Waals surface area contributed by atoms with Crippen LogP contribution in [0.1, 0.15) is 42.9 Å². The first-order valence-corrected chi connectivity index (χ1v) is 7.65. The number of hydrogen-bond donors (Lipinski definition) is 0. The van der Waals surface area contributed by atoms with Crippen LogP contribution in [-0.4, -0.2) is 17.6 Å². The van der Waals surface area contributed by atoms with Crippen molar-refractivity contribution < 1.29 is 18.3 Å². The minimum Gasteiger partial charge on any atom is -0.460 e. The Labute approximate surface area is 135 Å². The Morgan fingerprint density at radius 3 is 2.76 bits per heavy atom. The fourth-order valence-electron chi connectivity index (χ4n) is 1.84. The Hall–Kier alpha value is -1.44. The van der Waals surface area contributed by atoms with Gasteiger partial charge in [0.2, 0.25) is 11.7 Å². The van der Waals surface area contributed by atoms with Gasteiger partial charge in [0.1, 0.15) is 5.82 Å². The maximum absolute atomic E-state index is 13.2. The quantitative estimate of drug-likeness (QED) is 0.562. The lowest BCUT2D eigenvalue weighted by Gasteiger charge is -2.02. The number of nitrogens with zero attached hydrogens (tertiary/aromatic N) is 1. The molecule has 1 heterocycles. The second-order valence-corrected chi connectivity index (χ2v) is 5.89. The minimum absolute atomic E-state index is 0.0139. The molecule has 2 aromatic rings. The standard InChI is InChI=1S/C15H15FINO3/c1-4-20-15(19)13-12(8(2)3)18-14(21-13)10-6-5-9(16)7-11(10)17/h5-8H,4H2,1-3H3. The number of rotatable bonds is 4. The smallest absolute Gasteiger partial charge is 0.376 e. The van der Waals surface area contributed by atoms with Crippen LogP contribution >= 0.6 is 22.6 Å². The summed E-state index contributed by atoms with van der Waals surface area (Å²) in [7, 11) is 0. The molecule has 0 amide bonds. The van der Waals surface area contributed by atoms with E-state index in [9.17, 15) is 9.18 Å². The molecule has 0 aliphatic carbocycles. The summed E-state index contributed by atoms with van der Waals surface area (Å²) in [5, 5.41) is 0. The van der Waals surface area contributed by atoms with Crippen molar-refractivity contribution in [2.45, 2.75) is 26.7 Å². The van der Waals surface area contributed by atoms with Crippen molar-refractivity contribution in [1.29, 1.82) is 0 Å². The van der Waals surface area contributed by atoms with Gasteiger partial charge in [0.25, 0.3) is 0 Å². The Kier molecular flexibility index (Phi) is 4.97. The summed E-state index contributed by atoms with van der Waals surface area (Å²) in [4.78, 5) is 16.3. The van der Waals surface area contributed by atoms with Gasteiger partial charge in [0.05, 0.1) is 17.9 Å². The molecule has 0 bridgehead atoms. The van der Waals surface area contributed by atoms with Crippen LogP contribution in [0.25, 0.3) is 11.5 Å². The number of oxazole rings is 1. The number of hydrogen-bond acceptors (Lipinski definition) is 4. The van der Waals surface area contributed by atoms with E-state index < -0.39 is 5.97 Å². The maximum atomic E-state index is 13.2. The van der Waals surface area contributed by atoms with Crippen molar-refractivity contribution in [1.82, 2.24) is 4.98 Å². The second kappa shape index (κ2) is 6.55. The van der Waals surface area contributed by atoms with Gasteiger partial charge in [-0.1, -0.05) is 13.8 Å². The third kappa shape index (κ3) is 3.42. The molecule has 0 radical (unpaired) electrons. The molecule has 1 aromatic carbocycles. The van der Waals surface area contributed by atoms with Gasteiger partial charge in [-0.3, -0.25) is 0 Å². The van der Waals surface area contributed by atoms with Crippen LogP contribution in [0.15, 0.2) is 22.6 Å². The summed E-state index contributed by atoms with van der Waals surface area (Å²) in [5.74, 6) is -0.436. The van der Waals surface area contributed by atoms with Gasteiger partial charge in [-0.25, -0.2) is 14.2 Å². The van der Waals surface area contributed by atoms with Crippen LogP contribution in [0.4, 0.5) is 4.39 Å². The van der Waals surface area contributed by atoms with Gasteiger partial charge in [-0.05, 0) is 53.6 Å². The van der Waals surface area contributed by atoms with Gasteiger partial charge in [-0.2, -0.15) is 0 Å². The molecule has 0 saturated carbocycles. The highest BCUT2D eigenvalue weighted by Gasteiger charge is 2.24. The zero-order valence-corrected chi connectivity index (χ0v) is 14.1. The molecule has 0 aliphatic heterocycles. The Morgan fingerprint density at radius 1 is 1.48 bits per heavy atom. The summed E-state index contributed by atoms with van der Waals surface area (Å²) in [6, 6.07) is 4.31. The van der Waals surface area contributed by atoms with Gasteiger partial charge in [0, 0.05) is 3.57 Å². The van der Waals surface area contributed by atoms with E-state index in [1.807, 2.05) is 36.4 Å². The molecule has 0 saturated heterocycles. The summed E-state index contributed by atoms with van der Waals surface area (Å²) < 4.78 is 24.4. The number of carbonyl (C=O) groups is 1. The minimum atomic E-state index is -0.530.